The molecule has 0 heterocycles. The van der Waals surface area contributed by atoms with E-state index in [4.69, 9.17) is 5.11 Å². The third-order valence-corrected chi connectivity index (χ3v) is 3.13. The van der Waals surface area contributed by atoms with Gasteiger partial charge in [-0.05, 0) is 29.5 Å². The van der Waals surface area contributed by atoms with Gasteiger partial charge in [0, 0.05) is 5.33 Å². The van der Waals surface area contributed by atoms with Gasteiger partial charge in [-0.1, -0.05) is 34.1 Å². The number of halogens is 1. The van der Waals surface area contributed by atoms with Crippen molar-refractivity contribution >= 4 is 21.9 Å². The van der Waals surface area contributed by atoms with Crippen LogP contribution in [0.15, 0.2) is 18.2 Å². The maximum Gasteiger partial charge on any atom is 0.337 e. The molecule has 17 heavy (non-hydrogen) atoms. The molecule has 1 atom stereocenters. The predicted molar refractivity (Wildman–Crippen MR) is 67.1 cm³/mol. The Morgan fingerprint density at radius 1 is 1.41 bits per heavy atom. The molecule has 4 nitrogen and oxygen atoms in total. The van der Waals surface area contributed by atoms with Gasteiger partial charge in [0.25, 0.3) is 0 Å². The summed E-state index contributed by atoms with van der Waals surface area (Å²) >= 11 is 3.30. The Morgan fingerprint density at radius 2 is 2.12 bits per heavy atom. The van der Waals surface area contributed by atoms with Crippen LogP contribution in [0.1, 0.15) is 29.2 Å². The van der Waals surface area contributed by atoms with Crippen LogP contribution in [0.2, 0.25) is 0 Å². The molecule has 0 saturated heterocycles. The molecule has 1 aromatic carbocycles. The lowest BCUT2D eigenvalue weighted by atomic mass is 9.94. The van der Waals surface area contributed by atoms with Crippen LogP contribution in [0.3, 0.4) is 0 Å². The fourth-order valence-electron chi connectivity index (χ4n) is 1.74. The molecule has 94 valence electrons. The Bertz CT molecular complexity index is 392. The second-order valence-corrected chi connectivity index (χ2v) is 4.47. The standard InChI is InChI=1S/C12H15BrO4/c13-6-2-5-9-8(7-14)3-1-4-10(9)11(15)12(16)17/h1,3-4,11,14-15H,2,5-7H2,(H,16,17). The molecular weight excluding hydrogens is 288 g/mol. The van der Waals surface area contributed by atoms with Gasteiger partial charge in [0.1, 0.15) is 0 Å². The summed E-state index contributed by atoms with van der Waals surface area (Å²) < 4.78 is 0. The average molecular weight is 303 g/mol. The van der Waals surface area contributed by atoms with Crippen molar-refractivity contribution in [3.05, 3.63) is 34.9 Å². The highest BCUT2D eigenvalue weighted by Crippen LogP contribution is 2.23. The lowest BCUT2D eigenvalue weighted by Gasteiger charge is -2.15. The topological polar surface area (TPSA) is 77.8 Å². The maximum absolute atomic E-state index is 10.8. The van der Waals surface area contributed by atoms with Crippen molar-refractivity contribution in [3.63, 3.8) is 0 Å². The molecule has 0 fully saturated rings. The van der Waals surface area contributed by atoms with Crippen molar-refractivity contribution in [2.24, 2.45) is 0 Å². The van der Waals surface area contributed by atoms with Gasteiger partial charge in [0.2, 0.25) is 0 Å². The Morgan fingerprint density at radius 3 is 2.65 bits per heavy atom. The summed E-state index contributed by atoms with van der Waals surface area (Å²) in [7, 11) is 0. The van der Waals surface area contributed by atoms with Crippen molar-refractivity contribution < 1.29 is 20.1 Å². The van der Waals surface area contributed by atoms with Gasteiger partial charge < -0.3 is 15.3 Å². The Balaban J connectivity index is 3.13. The number of benzene rings is 1. The molecule has 0 aliphatic heterocycles. The van der Waals surface area contributed by atoms with E-state index in [-0.39, 0.29) is 6.61 Å². The van der Waals surface area contributed by atoms with E-state index in [0.29, 0.717) is 17.5 Å². The molecule has 0 radical (unpaired) electrons. The molecule has 3 N–H and O–H groups in total. The molecule has 1 aromatic rings. The normalized spacial score (nSPS) is 12.4. The zero-order valence-electron chi connectivity index (χ0n) is 9.27. The number of aliphatic hydroxyl groups excluding tert-OH is 2. The van der Waals surface area contributed by atoms with Crippen molar-refractivity contribution in [1.82, 2.24) is 0 Å². The van der Waals surface area contributed by atoms with Crippen LogP contribution < -0.4 is 0 Å². The summed E-state index contributed by atoms with van der Waals surface area (Å²) in [5.41, 5.74) is 1.76. The minimum Gasteiger partial charge on any atom is -0.479 e. The third kappa shape index (κ3) is 3.52. The summed E-state index contributed by atoms with van der Waals surface area (Å²) in [5, 5.41) is 28.4. The van der Waals surface area contributed by atoms with Gasteiger partial charge in [-0.15, -0.1) is 0 Å². The average Bonchev–Trinajstić information content (AvgIpc) is 2.34. The first kappa shape index (κ1) is 14.2. The molecule has 1 unspecified atom stereocenters. The van der Waals surface area contributed by atoms with Gasteiger partial charge in [0.15, 0.2) is 6.10 Å². The molecule has 0 aliphatic rings. The van der Waals surface area contributed by atoms with Crippen LogP contribution >= 0.6 is 15.9 Å². The monoisotopic (exact) mass is 302 g/mol. The van der Waals surface area contributed by atoms with E-state index >= 15 is 0 Å². The van der Waals surface area contributed by atoms with Crippen molar-refractivity contribution in [2.45, 2.75) is 25.6 Å². The number of hydrogen-bond acceptors (Lipinski definition) is 3. The second-order valence-electron chi connectivity index (χ2n) is 3.68. The highest BCUT2D eigenvalue weighted by atomic mass is 79.9. The predicted octanol–water partition coefficient (Wildman–Crippen LogP) is 1.62. The zero-order chi connectivity index (χ0) is 12.8. The Labute approximate surface area is 108 Å². The number of hydrogen-bond donors (Lipinski definition) is 3. The maximum atomic E-state index is 10.8. The molecular formula is C12H15BrO4. The number of carbonyl (C=O) groups is 1. The van der Waals surface area contributed by atoms with Gasteiger partial charge in [-0.3, -0.25) is 0 Å². The number of alkyl halides is 1. The Hall–Kier alpha value is -0.910. The molecule has 5 heteroatoms. The van der Waals surface area contributed by atoms with E-state index in [9.17, 15) is 15.0 Å². The smallest absolute Gasteiger partial charge is 0.337 e. The summed E-state index contributed by atoms with van der Waals surface area (Å²) in [6.45, 7) is -0.155. The highest BCUT2D eigenvalue weighted by molar-refractivity contribution is 9.09. The molecule has 0 saturated carbocycles. The highest BCUT2D eigenvalue weighted by Gasteiger charge is 2.20. The van der Waals surface area contributed by atoms with E-state index < -0.39 is 12.1 Å². The Kier molecular flexibility index (Phi) is 5.61. The fourth-order valence-corrected chi connectivity index (χ4v) is 2.02. The molecule has 0 aromatic heterocycles. The van der Waals surface area contributed by atoms with Crippen LogP contribution in [-0.4, -0.2) is 26.6 Å². The molecule has 0 amide bonds. The summed E-state index contributed by atoms with van der Waals surface area (Å²) in [6.07, 6.45) is -0.0929. The zero-order valence-corrected chi connectivity index (χ0v) is 10.9. The number of aliphatic carboxylic acids is 1. The molecule has 0 aliphatic carbocycles. The van der Waals surface area contributed by atoms with Crippen LogP contribution in [-0.2, 0) is 17.8 Å². The van der Waals surface area contributed by atoms with E-state index in [1.54, 1.807) is 18.2 Å². The number of aliphatic hydroxyl groups is 2. The lowest BCUT2D eigenvalue weighted by Crippen LogP contribution is -2.14. The van der Waals surface area contributed by atoms with Gasteiger partial charge in [-0.2, -0.15) is 0 Å². The first-order valence-corrected chi connectivity index (χ1v) is 6.42. The molecule has 0 spiro atoms. The fraction of sp³-hybridized carbons (Fsp3) is 0.417. The summed E-state index contributed by atoms with van der Waals surface area (Å²) in [4.78, 5) is 10.8. The minimum atomic E-state index is -1.54. The van der Waals surface area contributed by atoms with E-state index in [2.05, 4.69) is 15.9 Å². The lowest BCUT2D eigenvalue weighted by molar-refractivity contribution is -0.147. The quantitative estimate of drug-likeness (QED) is 0.698. The number of rotatable bonds is 6. The third-order valence-electron chi connectivity index (χ3n) is 2.57. The first-order valence-electron chi connectivity index (χ1n) is 5.30. The van der Waals surface area contributed by atoms with E-state index in [0.717, 1.165) is 17.3 Å². The van der Waals surface area contributed by atoms with Gasteiger partial charge >= 0.3 is 5.97 Å². The first-order chi connectivity index (χ1) is 8.11. The molecule has 0 bridgehead atoms. The van der Waals surface area contributed by atoms with Crippen LogP contribution in [0, 0.1) is 0 Å². The van der Waals surface area contributed by atoms with Crippen molar-refractivity contribution in [1.29, 1.82) is 0 Å². The number of carboxylic acids is 1. The van der Waals surface area contributed by atoms with E-state index in [1.807, 2.05) is 0 Å². The summed E-state index contributed by atoms with van der Waals surface area (Å²) in [6, 6.07) is 4.97. The van der Waals surface area contributed by atoms with Crippen molar-refractivity contribution in [2.75, 3.05) is 5.33 Å². The minimum absolute atomic E-state index is 0.155. The number of carboxylic acid groups (broad SMARTS) is 1. The van der Waals surface area contributed by atoms with Gasteiger partial charge in [-0.25, -0.2) is 4.79 Å². The van der Waals surface area contributed by atoms with Crippen LogP contribution in [0.5, 0.6) is 0 Å². The van der Waals surface area contributed by atoms with Gasteiger partial charge in [0.05, 0.1) is 6.61 Å². The second kappa shape index (κ2) is 6.74. The molecule has 1 rings (SSSR count). The largest absolute Gasteiger partial charge is 0.479 e. The SMILES string of the molecule is O=C(O)C(O)c1cccc(CO)c1CCCBr. The summed E-state index contributed by atoms with van der Waals surface area (Å²) in [5.74, 6) is -1.28. The van der Waals surface area contributed by atoms with Crippen molar-refractivity contribution in [3.8, 4) is 0 Å². The van der Waals surface area contributed by atoms with Crippen LogP contribution in [0.25, 0.3) is 0 Å². The van der Waals surface area contributed by atoms with E-state index in [1.165, 1.54) is 0 Å². The van der Waals surface area contributed by atoms with Crippen LogP contribution in [0.4, 0.5) is 0 Å².